The maximum absolute atomic E-state index is 12.1. The number of carbonyl (C=O) groups is 1. The number of para-hydroxylation sites is 2. The zero-order valence-electron chi connectivity index (χ0n) is 14.1. The van der Waals surface area contributed by atoms with Crippen molar-refractivity contribution in [3.63, 3.8) is 0 Å². The highest BCUT2D eigenvalue weighted by Gasteiger charge is 2.16. The number of benzene rings is 1. The molecule has 1 saturated heterocycles. The number of oxazole rings is 1. The van der Waals surface area contributed by atoms with Crippen LogP contribution in [0.4, 0.5) is 5.82 Å². The second-order valence-electron chi connectivity index (χ2n) is 6.09. The highest BCUT2D eigenvalue weighted by atomic mass is 16.5. The van der Waals surface area contributed by atoms with Gasteiger partial charge in [0.15, 0.2) is 17.1 Å². The van der Waals surface area contributed by atoms with E-state index in [0.717, 1.165) is 31.7 Å². The number of hydrogen-bond donors (Lipinski definition) is 0. The van der Waals surface area contributed by atoms with Crippen LogP contribution in [0.15, 0.2) is 45.6 Å². The Labute approximate surface area is 149 Å². The molecule has 8 nitrogen and oxygen atoms in total. The Hall–Kier alpha value is -3.16. The summed E-state index contributed by atoms with van der Waals surface area (Å²) in [6, 6.07) is 10.5. The summed E-state index contributed by atoms with van der Waals surface area (Å²) in [7, 11) is 0. The molecule has 1 aromatic carbocycles. The summed E-state index contributed by atoms with van der Waals surface area (Å²) in [6.45, 7) is 2.18. The van der Waals surface area contributed by atoms with Gasteiger partial charge in [-0.3, -0.25) is 4.57 Å². The van der Waals surface area contributed by atoms with Crippen molar-refractivity contribution in [2.45, 2.75) is 19.4 Å². The lowest BCUT2D eigenvalue weighted by Gasteiger charge is -2.15. The van der Waals surface area contributed by atoms with Gasteiger partial charge in [-0.05, 0) is 37.1 Å². The van der Waals surface area contributed by atoms with Gasteiger partial charge in [0.25, 0.3) is 0 Å². The average Bonchev–Trinajstić information content (AvgIpc) is 3.30. The Morgan fingerprint density at radius 3 is 2.69 bits per heavy atom. The van der Waals surface area contributed by atoms with Crippen molar-refractivity contribution in [2.75, 3.05) is 24.6 Å². The first-order valence-electron chi connectivity index (χ1n) is 8.56. The molecular formula is C18H18N4O4. The number of carbonyl (C=O) groups excluding carboxylic acids is 1. The predicted octanol–water partition coefficient (Wildman–Crippen LogP) is 1.84. The third kappa shape index (κ3) is 3.17. The van der Waals surface area contributed by atoms with E-state index in [0.29, 0.717) is 11.1 Å². The minimum Gasteiger partial charge on any atom is -0.459 e. The van der Waals surface area contributed by atoms with Crippen LogP contribution in [-0.2, 0) is 11.3 Å². The van der Waals surface area contributed by atoms with Crippen molar-refractivity contribution >= 4 is 22.9 Å². The highest BCUT2D eigenvalue weighted by Crippen LogP contribution is 2.16. The van der Waals surface area contributed by atoms with Crippen molar-refractivity contribution in [3.8, 4) is 0 Å². The summed E-state index contributed by atoms with van der Waals surface area (Å²) < 4.78 is 11.8. The zero-order valence-corrected chi connectivity index (χ0v) is 14.1. The van der Waals surface area contributed by atoms with Crippen LogP contribution in [-0.4, -0.2) is 40.4 Å². The molecule has 0 radical (unpaired) electrons. The summed E-state index contributed by atoms with van der Waals surface area (Å²) >= 11 is 0. The van der Waals surface area contributed by atoms with E-state index in [1.807, 2.05) is 6.07 Å². The quantitative estimate of drug-likeness (QED) is 0.646. The van der Waals surface area contributed by atoms with Crippen molar-refractivity contribution in [2.24, 2.45) is 0 Å². The topological polar surface area (TPSA) is 90.5 Å². The van der Waals surface area contributed by atoms with E-state index < -0.39 is 11.7 Å². The molecular weight excluding hydrogens is 336 g/mol. The van der Waals surface area contributed by atoms with Gasteiger partial charge in [-0.2, -0.15) is 0 Å². The molecule has 4 rings (SSSR count). The van der Waals surface area contributed by atoms with Gasteiger partial charge < -0.3 is 14.1 Å². The van der Waals surface area contributed by atoms with E-state index in [-0.39, 0.29) is 18.8 Å². The van der Waals surface area contributed by atoms with Crippen molar-refractivity contribution < 1.29 is 13.9 Å². The molecule has 0 bridgehead atoms. The summed E-state index contributed by atoms with van der Waals surface area (Å²) in [6.07, 6.45) is 2.29. The second-order valence-corrected chi connectivity index (χ2v) is 6.09. The minimum atomic E-state index is -0.564. The first-order chi connectivity index (χ1) is 12.7. The SMILES string of the molecule is O=C(OCCn1c(=O)oc2ccccc21)c1ccc(N2CCCC2)nn1. The maximum Gasteiger partial charge on any atom is 0.420 e. The fourth-order valence-corrected chi connectivity index (χ4v) is 3.08. The number of nitrogens with zero attached hydrogens (tertiary/aromatic N) is 4. The van der Waals surface area contributed by atoms with E-state index in [2.05, 4.69) is 15.1 Å². The Bertz CT molecular complexity index is 971. The number of anilines is 1. The molecule has 134 valence electrons. The van der Waals surface area contributed by atoms with Crippen LogP contribution in [0.5, 0.6) is 0 Å². The fraction of sp³-hybridized carbons (Fsp3) is 0.333. The van der Waals surface area contributed by atoms with Crippen molar-refractivity contribution in [3.05, 3.63) is 52.6 Å². The van der Waals surface area contributed by atoms with Crippen LogP contribution in [0.1, 0.15) is 23.3 Å². The predicted molar refractivity (Wildman–Crippen MR) is 94.2 cm³/mol. The zero-order chi connectivity index (χ0) is 17.9. The van der Waals surface area contributed by atoms with Gasteiger partial charge in [0, 0.05) is 13.1 Å². The standard InChI is InChI=1S/C18H18N4O4/c23-17(13-7-8-16(20-19-13)21-9-3-4-10-21)25-12-11-22-14-5-1-2-6-15(14)26-18(22)24/h1-2,5-8H,3-4,9-12H2. The van der Waals surface area contributed by atoms with Gasteiger partial charge in [-0.25, -0.2) is 9.59 Å². The number of aromatic nitrogens is 3. The summed E-state index contributed by atoms with van der Waals surface area (Å²) in [5.74, 6) is -0.265. The monoisotopic (exact) mass is 354 g/mol. The lowest BCUT2D eigenvalue weighted by Crippen LogP contribution is -2.21. The van der Waals surface area contributed by atoms with Crippen LogP contribution in [0.25, 0.3) is 11.1 Å². The third-order valence-electron chi connectivity index (χ3n) is 4.41. The minimum absolute atomic E-state index is 0.0395. The number of esters is 1. The smallest absolute Gasteiger partial charge is 0.420 e. The van der Waals surface area contributed by atoms with Crippen LogP contribution >= 0.6 is 0 Å². The number of ether oxygens (including phenoxy) is 1. The summed E-state index contributed by atoms with van der Waals surface area (Å²) in [5.41, 5.74) is 1.33. The molecule has 0 N–H and O–H groups in total. The van der Waals surface area contributed by atoms with Gasteiger partial charge in [0.2, 0.25) is 0 Å². The van der Waals surface area contributed by atoms with Crippen LogP contribution in [0.2, 0.25) is 0 Å². The number of hydrogen-bond acceptors (Lipinski definition) is 7. The van der Waals surface area contributed by atoms with Crippen LogP contribution in [0.3, 0.4) is 0 Å². The lowest BCUT2D eigenvalue weighted by molar-refractivity contribution is 0.0482. The van der Waals surface area contributed by atoms with E-state index in [1.165, 1.54) is 4.57 Å². The summed E-state index contributed by atoms with van der Waals surface area (Å²) in [5, 5.41) is 8.05. The molecule has 0 unspecified atom stereocenters. The van der Waals surface area contributed by atoms with Gasteiger partial charge in [-0.1, -0.05) is 12.1 Å². The first-order valence-corrected chi connectivity index (χ1v) is 8.56. The molecule has 0 saturated carbocycles. The molecule has 0 amide bonds. The molecule has 0 atom stereocenters. The molecule has 0 aliphatic carbocycles. The largest absolute Gasteiger partial charge is 0.459 e. The summed E-state index contributed by atoms with van der Waals surface area (Å²) in [4.78, 5) is 26.1. The van der Waals surface area contributed by atoms with Crippen LogP contribution in [0, 0.1) is 0 Å². The Kier molecular flexibility index (Phi) is 4.39. The van der Waals surface area contributed by atoms with E-state index >= 15 is 0 Å². The van der Waals surface area contributed by atoms with Gasteiger partial charge in [0.05, 0.1) is 12.1 Å². The molecule has 3 heterocycles. The van der Waals surface area contributed by atoms with E-state index in [1.54, 1.807) is 30.3 Å². The van der Waals surface area contributed by atoms with Crippen molar-refractivity contribution in [1.82, 2.24) is 14.8 Å². The highest BCUT2D eigenvalue weighted by molar-refractivity contribution is 5.87. The molecule has 8 heteroatoms. The molecule has 26 heavy (non-hydrogen) atoms. The normalized spacial score (nSPS) is 14.1. The van der Waals surface area contributed by atoms with E-state index in [9.17, 15) is 9.59 Å². The first kappa shape index (κ1) is 16.3. The second kappa shape index (κ2) is 6.99. The Balaban J connectivity index is 1.37. The van der Waals surface area contributed by atoms with Gasteiger partial charge >= 0.3 is 11.7 Å². The van der Waals surface area contributed by atoms with Crippen LogP contribution < -0.4 is 10.7 Å². The molecule has 1 aliphatic rings. The molecule has 0 spiro atoms. The van der Waals surface area contributed by atoms with Crippen molar-refractivity contribution in [1.29, 1.82) is 0 Å². The lowest BCUT2D eigenvalue weighted by atomic mass is 10.3. The Morgan fingerprint density at radius 2 is 1.92 bits per heavy atom. The number of fused-ring (bicyclic) bond motifs is 1. The molecule has 3 aromatic rings. The van der Waals surface area contributed by atoms with Gasteiger partial charge in [-0.15, -0.1) is 10.2 Å². The maximum atomic E-state index is 12.1. The fourth-order valence-electron chi connectivity index (χ4n) is 3.08. The molecule has 2 aromatic heterocycles. The third-order valence-corrected chi connectivity index (χ3v) is 4.41. The van der Waals surface area contributed by atoms with Gasteiger partial charge in [0.1, 0.15) is 6.61 Å². The average molecular weight is 354 g/mol. The number of rotatable bonds is 5. The van der Waals surface area contributed by atoms with E-state index in [4.69, 9.17) is 9.15 Å². The Morgan fingerprint density at radius 1 is 1.12 bits per heavy atom. The molecule has 1 fully saturated rings. The molecule has 1 aliphatic heterocycles.